The summed E-state index contributed by atoms with van der Waals surface area (Å²) in [4.78, 5) is 0. The van der Waals surface area contributed by atoms with Crippen molar-refractivity contribution in [3.05, 3.63) is 129 Å². The molecule has 2 aliphatic rings. The molecule has 6 rings (SSSR count). The van der Waals surface area contributed by atoms with E-state index in [2.05, 4.69) is 138 Å². The van der Waals surface area contributed by atoms with Gasteiger partial charge in [0, 0.05) is 0 Å². The molecule has 0 N–H and O–H groups in total. The van der Waals surface area contributed by atoms with Crippen LogP contribution in [0.15, 0.2) is 96.1 Å². The molecular weight excluding hydrogens is 743 g/mol. The SMILES string of the molecule is CCCCC1=Cc2c(-c3ccccc3CCC)cccc2[CH]1[Zr]([Cl])([Cl])([CH]1C(CCCC)=Cc2c(-c3ccccc3CCC)cccc21)[SiH](C)C. The van der Waals surface area contributed by atoms with Crippen molar-refractivity contribution in [2.75, 3.05) is 0 Å². The number of fused-ring (bicyclic) bond motifs is 2. The third kappa shape index (κ3) is 6.70. The number of rotatable bonds is 15. The molecule has 0 spiro atoms. The summed E-state index contributed by atoms with van der Waals surface area (Å²) in [5, 5.41) is 0. The second-order valence-corrected chi connectivity index (χ2v) is 57.8. The van der Waals surface area contributed by atoms with Crippen LogP contribution in [-0.4, -0.2) is 5.92 Å². The Bertz CT molecular complexity index is 1770. The summed E-state index contributed by atoms with van der Waals surface area (Å²) in [6.07, 6.45) is 16.3. The number of benzene rings is 4. The minimum absolute atomic E-state index is 0.128. The van der Waals surface area contributed by atoms with E-state index in [1.165, 1.54) is 66.8 Å². The summed E-state index contributed by atoms with van der Waals surface area (Å²) in [6.45, 7) is 14.2. The maximum atomic E-state index is 8.86. The molecule has 0 bridgehead atoms. The molecule has 2 aliphatic carbocycles. The zero-order valence-electron chi connectivity index (χ0n) is 31.3. The second-order valence-electron chi connectivity index (χ2n) is 15.3. The van der Waals surface area contributed by atoms with E-state index in [-0.39, 0.29) is 7.25 Å². The van der Waals surface area contributed by atoms with Gasteiger partial charge in [-0.15, -0.1) is 0 Å². The Labute approximate surface area is 312 Å². The molecule has 50 heavy (non-hydrogen) atoms. The first-order chi connectivity index (χ1) is 24.2. The summed E-state index contributed by atoms with van der Waals surface area (Å²) in [5.74, 6) is -1.65. The first-order valence-electron chi connectivity index (χ1n) is 19.6. The van der Waals surface area contributed by atoms with Gasteiger partial charge in [-0.3, -0.25) is 0 Å². The summed E-state index contributed by atoms with van der Waals surface area (Å²) in [5.41, 5.74) is 16.9. The fourth-order valence-corrected chi connectivity index (χ4v) is 40.8. The molecule has 4 aromatic carbocycles. The Hall–Kier alpha value is -1.96. The molecule has 4 aromatic rings. The topological polar surface area (TPSA) is 0 Å². The van der Waals surface area contributed by atoms with Crippen molar-refractivity contribution in [2.45, 2.75) is 112 Å². The molecule has 0 amide bonds. The molecular formula is C46H57Cl2SiZr. The Balaban J connectivity index is 1.60. The Morgan fingerprint density at radius 1 is 0.500 bits per heavy atom. The van der Waals surface area contributed by atoms with Gasteiger partial charge in [0.25, 0.3) is 0 Å². The third-order valence-electron chi connectivity index (χ3n) is 11.8. The van der Waals surface area contributed by atoms with E-state index < -0.39 is 21.5 Å². The van der Waals surface area contributed by atoms with Gasteiger partial charge in [-0.2, -0.15) is 0 Å². The van der Waals surface area contributed by atoms with Crippen molar-refractivity contribution in [1.29, 1.82) is 0 Å². The molecule has 0 nitrogen and oxygen atoms in total. The van der Waals surface area contributed by atoms with Crippen molar-refractivity contribution >= 4 is 35.1 Å². The van der Waals surface area contributed by atoms with Crippen molar-refractivity contribution in [3.63, 3.8) is 0 Å². The molecule has 0 saturated heterocycles. The Morgan fingerprint density at radius 3 is 1.28 bits per heavy atom. The molecule has 0 aromatic heterocycles. The molecule has 0 radical (unpaired) electrons. The normalized spacial score (nSPS) is 17.7. The average Bonchev–Trinajstić information content (AvgIpc) is 3.70. The number of unbranched alkanes of at least 4 members (excludes halogenated alkanes) is 2. The van der Waals surface area contributed by atoms with Crippen LogP contribution in [0.4, 0.5) is 0 Å². The van der Waals surface area contributed by atoms with E-state index in [1.54, 1.807) is 0 Å². The number of halogens is 2. The van der Waals surface area contributed by atoms with Crippen molar-refractivity contribution in [1.82, 2.24) is 0 Å². The predicted octanol–water partition coefficient (Wildman–Crippen LogP) is 14.9. The van der Waals surface area contributed by atoms with Crippen LogP contribution in [0, 0.1) is 0 Å². The molecule has 0 aliphatic heterocycles. The van der Waals surface area contributed by atoms with E-state index in [0.29, 0.717) is 0 Å². The summed E-state index contributed by atoms with van der Waals surface area (Å²) in [6, 6.07) is 32.2. The van der Waals surface area contributed by atoms with Gasteiger partial charge < -0.3 is 0 Å². The van der Waals surface area contributed by atoms with Crippen LogP contribution in [0.1, 0.15) is 120 Å². The summed E-state index contributed by atoms with van der Waals surface area (Å²) < 4.78 is 0.256. The van der Waals surface area contributed by atoms with Crippen molar-refractivity contribution < 1.29 is 15.6 Å². The molecule has 0 fully saturated rings. The summed E-state index contributed by atoms with van der Waals surface area (Å²) >= 11 is -4.88. The van der Waals surface area contributed by atoms with Crippen LogP contribution in [0.2, 0.25) is 13.1 Å². The molecule has 2 unspecified atom stereocenters. The number of hydrogen-bond acceptors (Lipinski definition) is 0. The quantitative estimate of drug-likeness (QED) is 0.105. The van der Waals surface area contributed by atoms with E-state index in [4.69, 9.17) is 17.0 Å². The van der Waals surface area contributed by atoms with Crippen LogP contribution < -0.4 is 0 Å². The molecule has 4 heteroatoms. The number of allylic oxidation sites excluding steroid dienone is 2. The van der Waals surface area contributed by atoms with E-state index in [9.17, 15) is 0 Å². The van der Waals surface area contributed by atoms with Gasteiger partial charge in [0.15, 0.2) is 0 Å². The van der Waals surface area contributed by atoms with Crippen molar-refractivity contribution in [2.24, 2.45) is 0 Å². The fourth-order valence-electron chi connectivity index (χ4n) is 9.27. The first-order valence-corrected chi connectivity index (χ1v) is 35.9. The molecule has 2 atom stereocenters. The van der Waals surface area contributed by atoms with Gasteiger partial charge in [0.1, 0.15) is 0 Å². The molecule has 0 heterocycles. The van der Waals surface area contributed by atoms with E-state index in [0.717, 1.165) is 64.2 Å². The van der Waals surface area contributed by atoms with Gasteiger partial charge in [0.05, 0.1) is 0 Å². The van der Waals surface area contributed by atoms with E-state index in [1.807, 2.05) is 0 Å². The van der Waals surface area contributed by atoms with Crippen LogP contribution in [0.25, 0.3) is 34.4 Å². The summed E-state index contributed by atoms with van der Waals surface area (Å²) in [7, 11) is 17.7. The minimum atomic E-state index is -4.88. The monoisotopic (exact) mass is 797 g/mol. The van der Waals surface area contributed by atoms with Crippen LogP contribution >= 0.6 is 17.0 Å². The molecule has 0 saturated carbocycles. The van der Waals surface area contributed by atoms with E-state index >= 15 is 0 Å². The predicted molar refractivity (Wildman–Crippen MR) is 223 cm³/mol. The van der Waals surface area contributed by atoms with Gasteiger partial charge in [-0.25, -0.2) is 0 Å². The van der Waals surface area contributed by atoms with Crippen LogP contribution in [-0.2, 0) is 28.4 Å². The second kappa shape index (κ2) is 16.0. The standard InChI is InChI=1S/2C22H25.C2H7Si.2ClH.Zr/c2*1-3-5-10-17-15-19-12-8-14-21(22(19)16-17)20-13-7-6-11-18(20)9-4-2;1-3-2;;;/h2*6-8,11-16H,3-5,9-10H2,1-2H3;3H,1-2H3;2*1H;/q;;;;;+2/p-2. The zero-order valence-corrected chi connectivity index (χ0v) is 36.4. The van der Waals surface area contributed by atoms with Gasteiger partial charge >= 0.3 is 315 Å². The van der Waals surface area contributed by atoms with Gasteiger partial charge in [0.2, 0.25) is 0 Å². The number of aryl methyl sites for hydroxylation is 2. The first kappa shape index (κ1) is 37.8. The van der Waals surface area contributed by atoms with Gasteiger partial charge in [-0.05, 0) is 0 Å². The van der Waals surface area contributed by atoms with Crippen LogP contribution in [0.5, 0.6) is 0 Å². The maximum absolute atomic E-state index is 8.86. The van der Waals surface area contributed by atoms with Crippen molar-refractivity contribution in [3.8, 4) is 22.3 Å². The molecule has 263 valence electrons. The third-order valence-corrected chi connectivity index (χ3v) is 63.7. The zero-order chi connectivity index (χ0) is 35.5. The Kier molecular flexibility index (Phi) is 12.1. The number of hydrogen-bond donors (Lipinski definition) is 0. The van der Waals surface area contributed by atoms with Crippen LogP contribution in [0.3, 0.4) is 0 Å². The average molecular weight is 800 g/mol. The van der Waals surface area contributed by atoms with Gasteiger partial charge in [-0.1, -0.05) is 0 Å². The Morgan fingerprint density at radius 2 is 0.900 bits per heavy atom. The fraction of sp³-hybridized carbons (Fsp3) is 0.391.